The number of carbonyl (C=O) groups is 1. The van der Waals surface area contributed by atoms with Crippen molar-refractivity contribution in [3.63, 3.8) is 0 Å². The molecule has 0 saturated heterocycles. The van der Waals surface area contributed by atoms with Gasteiger partial charge in [-0.2, -0.15) is 0 Å². The van der Waals surface area contributed by atoms with Gasteiger partial charge >= 0.3 is 0 Å². The Hall–Kier alpha value is -2.06. The van der Waals surface area contributed by atoms with Crippen molar-refractivity contribution in [1.29, 1.82) is 5.41 Å². The van der Waals surface area contributed by atoms with Gasteiger partial charge in [-0.3, -0.25) is 15.1 Å². The molecule has 1 heterocycles. The molecule has 0 aliphatic rings. The number of aromatic amines is 1. The minimum atomic E-state index is -3.39. The molecule has 0 spiro atoms. The van der Waals surface area contributed by atoms with Gasteiger partial charge in [0.2, 0.25) is 0 Å². The second kappa shape index (κ2) is 5.74. The number of amides is 1. The molecule has 0 saturated carbocycles. The van der Waals surface area contributed by atoms with Gasteiger partial charge in [0.15, 0.2) is 15.8 Å². The molecule has 2 rings (SSSR count). The van der Waals surface area contributed by atoms with Crippen LogP contribution in [0.3, 0.4) is 0 Å². The highest BCUT2D eigenvalue weighted by molar-refractivity contribution is 7.91. The summed E-state index contributed by atoms with van der Waals surface area (Å²) < 4.78 is 23.4. The van der Waals surface area contributed by atoms with Gasteiger partial charge in [-0.25, -0.2) is 8.42 Å². The molecule has 1 aromatic carbocycles. The molecule has 0 radical (unpaired) electrons. The molecule has 0 fully saturated rings. The number of hydrogen-bond donors (Lipinski definition) is 3. The number of rotatable bonds is 2. The summed E-state index contributed by atoms with van der Waals surface area (Å²) in [6.45, 7) is 0. The molecule has 0 bridgehead atoms. The Morgan fingerprint density at radius 2 is 2.00 bits per heavy atom. The van der Waals surface area contributed by atoms with Crippen molar-refractivity contribution in [2.75, 3.05) is 13.3 Å². The summed E-state index contributed by atoms with van der Waals surface area (Å²) in [5.74, 6) is -0.898. The minimum absolute atomic E-state index is 0. The zero-order chi connectivity index (χ0) is 15.1. The lowest BCUT2D eigenvalue weighted by molar-refractivity contribution is 0.0864. The standard InChI is InChI=1S/C12H14N4O3S.ClH/c1-16(12(13)14)11(17)9-6-7-8(15-9)4-3-5-10(7)20(2,18)19;/h3-6,15H,1-2H3,(H3,13,14);1H. The molecule has 1 amide bonds. The molecule has 0 aliphatic carbocycles. The maximum Gasteiger partial charge on any atom is 0.276 e. The van der Waals surface area contributed by atoms with Crippen LogP contribution in [0.5, 0.6) is 0 Å². The number of nitrogens with zero attached hydrogens (tertiary/aromatic N) is 1. The van der Waals surface area contributed by atoms with Crippen LogP contribution in [0.4, 0.5) is 0 Å². The molecule has 2 aromatic rings. The Bertz CT molecular complexity index is 813. The molecule has 9 heteroatoms. The van der Waals surface area contributed by atoms with Gasteiger partial charge in [-0.15, -0.1) is 12.4 Å². The van der Waals surface area contributed by atoms with E-state index < -0.39 is 21.7 Å². The fourth-order valence-electron chi connectivity index (χ4n) is 1.86. The van der Waals surface area contributed by atoms with Crippen molar-refractivity contribution in [3.8, 4) is 0 Å². The number of guanidine groups is 1. The summed E-state index contributed by atoms with van der Waals surface area (Å²) in [6.07, 6.45) is 1.11. The number of nitrogens with one attached hydrogen (secondary N) is 2. The third-order valence-electron chi connectivity index (χ3n) is 2.92. The van der Waals surface area contributed by atoms with Crippen LogP contribution in [0.1, 0.15) is 10.5 Å². The van der Waals surface area contributed by atoms with Gasteiger partial charge in [0.1, 0.15) is 5.69 Å². The predicted octanol–water partition coefficient (Wildman–Crippen LogP) is 0.959. The molecule has 21 heavy (non-hydrogen) atoms. The normalized spacial score (nSPS) is 11.0. The van der Waals surface area contributed by atoms with Gasteiger partial charge in [0, 0.05) is 24.2 Å². The van der Waals surface area contributed by atoms with Crippen LogP contribution >= 0.6 is 12.4 Å². The number of H-pyrrole nitrogens is 1. The van der Waals surface area contributed by atoms with Crippen LogP contribution in [0.25, 0.3) is 10.9 Å². The van der Waals surface area contributed by atoms with Crippen molar-refractivity contribution >= 4 is 45.0 Å². The number of nitrogens with two attached hydrogens (primary N) is 1. The van der Waals surface area contributed by atoms with Gasteiger partial charge < -0.3 is 10.7 Å². The quantitative estimate of drug-likeness (QED) is 0.561. The zero-order valence-corrected chi connectivity index (χ0v) is 13.0. The highest BCUT2D eigenvalue weighted by atomic mass is 35.5. The first-order valence-corrected chi connectivity index (χ1v) is 7.55. The maximum atomic E-state index is 12.0. The smallest absolute Gasteiger partial charge is 0.276 e. The third kappa shape index (κ3) is 3.17. The lowest BCUT2D eigenvalue weighted by Crippen LogP contribution is -2.38. The summed E-state index contributed by atoms with van der Waals surface area (Å²) in [5.41, 5.74) is 5.96. The Morgan fingerprint density at radius 3 is 2.52 bits per heavy atom. The number of sulfone groups is 1. The molecule has 114 valence electrons. The van der Waals surface area contributed by atoms with E-state index in [1.54, 1.807) is 12.1 Å². The third-order valence-corrected chi connectivity index (χ3v) is 4.07. The van der Waals surface area contributed by atoms with Crippen molar-refractivity contribution in [2.24, 2.45) is 5.73 Å². The van der Waals surface area contributed by atoms with Gasteiger partial charge in [0.05, 0.1) is 4.90 Å². The number of carbonyl (C=O) groups excluding carboxylic acids is 1. The zero-order valence-electron chi connectivity index (χ0n) is 11.4. The average molecular weight is 331 g/mol. The van der Waals surface area contributed by atoms with E-state index in [-0.39, 0.29) is 23.0 Å². The van der Waals surface area contributed by atoms with E-state index in [1.807, 2.05) is 0 Å². The van der Waals surface area contributed by atoms with Crippen LogP contribution in [-0.2, 0) is 9.84 Å². The van der Waals surface area contributed by atoms with E-state index in [4.69, 9.17) is 11.1 Å². The summed E-state index contributed by atoms with van der Waals surface area (Å²) in [6, 6.07) is 6.20. The van der Waals surface area contributed by atoms with Crippen LogP contribution < -0.4 is 5.73 Å². The van der Waals surface area contributed by atoms with E-state index in [2.05, 4.69) is 4.98 Å². The number of aromatic nitrogens is 1. The summed E-state index contributed by atoms with van der Waals surface area (Å²) in [4.78, 5) is 16.0. The number of benzene rings is 1. The van der Waals surface area contributed by atoms with Crippen LogP contribution in [-0.4, -0.2) is 43.5 Å². The van der Waals surface area contributed by atoms with Crippen LogP contribution in [0.15, 0.2) is 29.2 Å². The van der Waals surface area contributed by atoms with Crippen molar-refractivity contribution in [2.45, 2.75) is 4.90 Å². The highest BCUT2D eigenvalue weighted by Gasteiger charge is 2.19. The molecular formula is C12H15ClN4O3S. The fourth-order valence-corrected chi connectivity index (χ4v) is 2.75. The summed E-state index contributed by atoms with van der Waals surface area (Å²) >= 11 is 0. The molecule has 4 N–H and O–H groups in total. The van der Waals surface area contributed by atoms with E-state index in [0.717, 1.165) is 11.2 Å². The van der Waals surface area contributed by atoms with E-state index in [0.29, 0.717) is 10.9 Å². The van der Waals surface area contributed by atoms with E-state index in [1.165, 1.54) is 19.2 Å². The van der Waals surface area contributed by atoms with Crippen molar-refractivity contribution in [1.82, 2.24) is 9.88 Å². The minimum Gasteiger partial charge on any atom is -0.370 e. The van der Waals surface area contributed by atoms with Crippen LogP contribution in [0.2, 0.25) is 0 Å². The molecule has 0 atom stereocenters. The van der Waals surface area contributed by atoms with Crippen LogP contribution in [0, 0.1) is 5.41 Å². The largest absolute Gasteiger partial charge is 0.370 e. The van der Waals surface area contributed by atoms with Crippen molar-refractivity contribution < 1.29 is 13.2 Å². The van der Waals surface area contributed by atoms with E-state index in [9.17, 15) is 13.2 Å². The predicted molar refractivity (Wildman–Crippen MR) is 82.7 cm³/mol. The van der Waals surface area contributed by atoms with Gasteiger partial charge in [0.25, 0.3) is 5.91 Å². The lowest BCUT2D eigenvalue weighted by atomic mass is 10.2. The topological polar surface area (TPSA) is 120 Å². The summed E-state index contributed by atoms with van der Waals surface area (Å²) in [5, 5.41) is 7.67. The van der Waals surface area contributed by atoms with Gasteiger partial charge in [-0.1, -0.05) is 6.07 Å². The number of fused-ring (bicyclic) bond motifs is 1. The van der Waals surface area contributed by atoms with Crippen molar-refractivity contribution in [3.05, 3.63) is 30.0 Å². The Labute approximate surface area is 128 Å². The fraction of sp³-hybridized carbons (Fsp3) is 0.167. The van der Waals surface area contributed by atoms with E-state index >= 15 is 0 Å². The maximum absolute atomic E-state index is 12.0. The first kappa shape index (κ1) is 17.0. The highest BCUT2D eigenvalue weighted by Crippen LogP contribution is 2.24. The first-order valence-electron chi connectivity index (χ1n) is 5.65. The number of halogens is 1. The number of hydrogen-bond acceptors (Lipinski definition) is 4. The van der Waals surface area contributed by atoms with Gasteiger partial charge in [-0.05, 0) is 18.2 Å². The Balaban J connectivity index is 0.00000220. The second-order valence-electron chi connectivity index (χ2n) is 4.42. The SMILES string of the molecule is CN(C(=N)N)C(=O)c1cc2c(S(C)(=O)=O)cccc2[nH]1.Cl. The molecular weight excluding hydrogens is 316 g/mol. The molecule has 0 unspecified atom stereocenters. The molecule has 7 nitrogen and oxygen atoms in total. The monoisotopic (exact) mass is 330 g/mol. The molecule has 1 aromatic heterocycles. The average Bonchev–Trinajstić information content (AvgIpc) is 2.78. The summed E-state index contributed by atoms with van der Waals surface area (Å²) in [7, 11) is -2.02. The lowest BCUT2D eigenvalue weighted by Gasteiger charge is -2.12. The first-order chi connectivity index (χ1) is 9.21. The Kier molecular flexibility index (Phi) is 4.65. The Morgan fingerprint density at radius 1 is 1.38 bits per heavy atom. The second-order valence-corrected chi connectivity index (χ2v) is 6.41. The molecule has 0 aliphatic heterocycles.